The third kappa shape index (κ3) is 3.60. The lowest BCUT2D eigenvalue weighted by Gasteiger charge is -2.60. The summed E-state index contributed by atoms with van der Waals surface area (Å²) >= 11 is 0. The molecule has 4 aliphatic rings. The van der Waals surface area contributed by atoms with Crippen molar-refractivity contribution in [1.82, 2.24) is 0 Å². The summed E-state index contributed by atoms with van der Waals surface area (Å²) in [6, 6.07) is 10.7. The second-order valence-corrected chi connectivity index (χ2v) is 11.3. The standard InChI is InChI=1S/C29H38O2/c1-20(30)31-24-15-17-29(3)23(19-24)11-13-25-26-14-12-22(28(26,2)18-16-27(25)29)10-9-21-7-5-4-6-8-21/h4-10,12,23-27H,11,13-19H2,1-3H3/t23-,24-,25-,26-,27+,28-,29+/m1/s1. The Morgan fingerprint density at radius 2 is 1.81 bits per heavy atom. The number of hydrogen-bond acceptors (Lipinski definition) is 2. The van der Waals surface area contributed by atoms with E-state index < -0.39 is 0 Å². The molecule has 0 saturated heterocycles. The van der Waals surface area contributed by atoms with Gasteiger partial charge in [-0.1, -0.05) is 62.4 Å². The molecule has 0 radical (unpaired) electrons. The first-order valence-corrected chi connectivity index (χ1v) is 12.5. The summed E-state index contributed by atoms with van der Waals surface area (Å²) in [6.07, 6.45) is 17.4. The van der Waals surface area contributed by atoms with E-state index in [1.165, 1.54) is 44.1 Å². The number of benzene rings is 1. The average Bonchev–Trinajstić information content (AvgIpc) is 3.09. The summed E-state index contributed by atoms with van der Waals surface area (Å²) in [5, 5.41) is 0. The van der Waals surface area contributed by atoms with E-state index in [0.29, 0.717) is 10.8 Å². The lowest BCUT2D eigenvalue weighted by molar-refractivity contribution is -0.158. The summed E-state index contributed by atoms with van der Waals surface area (Å²) in [5.74, 6) is 3.11. The Bertz CT molecular complexity index is 883. The fraction of sp³-hybridized carbons (Fsp3) is 0.621. The van der Waals surface area contributed by atoms with Crippen LogP contribution in [0.3, 0.4) is 0 Å². The van der Waals surface area contributed by atoms with E-state index in [9.17, 15) is 4.79 Å². The largest absolute Gasteiger partial charge is 0.463 e. The molecule has 2 heteroatoms. The predicted molar refractivity (Wildman–Crippen MR) is 126 cm³/mol. The topological polar surface area (TPSA) is 26.3 Å². The van der Waals surface area contributed by atoms with Gasteiger partial charge in [-0.15, -0.1) is 0 Å². The van der Waals surface area contributed by atoms with E-state index in [0.717, 1.165) is 36.5 Å². The van der Waals surface area contributed by atoms with Crippen molar-refractivity contribution in [1.29, 1.82) is 0 Å². The van der Waals surface area contributed by atoms with Crippen molar-refractivity contribution in [2.75, 3.05) is 0 Å². The molecule has 1 aromatic carbocycles. The Balaban J connectivity index is 1.32. The molecule has 2 nitrogen and oxygen atoms in total. The second kappa shape index (κ2) is 7.94. The zero-order chi connectivity index (χ0) is 21.6. The molecule has 5 rings (SSSR count). The molecule has 1 aromatic rings. The highest BCUT2D eigenvalue weighted by atomic mass is 16.5. The monoisotopic (exact) mass is 418 g/mol. The lowest BCUT2D eigenvalue weighted by atomic mass is 9.44. The van der Waals surface area contributed by atoms with E-state index >= 15 is 0 Å². The van der Waals surface area contributed by atoms with Gasteiger partial charge in [-0.2, -0.15) is 0 Å². The summed E-state index contributed by atoms with van der Waals surface area (Å²) in [6.45, 7) is 6.69. The predicted octanol–water partition coefficient (Wildman–Crippen LogP) is 7.21. The highest BCUT2D eigenvalue weighted by molar-refractivity contribution is 5.66. The van der Waals surface area contributed by atoms with Gasteiger partial charge in [0.2, 0.25) is 0 Å². The highest BCUT2D eigenvalue weighted by Gasteiger charge is 2.58. The van der Waals surface area contributed by atoms with E-state index in [1.54, 1.807) is 12.5 Å². The first-order valence-electron chi connectivity index (χ1n) is 12.5. The molecule has 3 saturated carbocycles. The van der Waals surface area contributed by atoms with Gasteiger partial charge in [0.05, 0.1) is 0 Å². The van der Waals surface area contributed by atoms with Crippen LogP contribution >= 0.6 is 0 Å². The highest BCUT2D eigenvalue weighted by Crippen LogP contribution is 2.66. The molecule has 4 aliphatic carbocycles. The zero-order valence-electron chi connectivity index (χ0n) is 19.5. The van der Waals surface area contributed by atoms with Crippen molar-refractivity contribution in [2.45, 2.75) is 78.2 Å². The number of rotatable bonds is 3. The van der Waals surface area contributed by atoms with Crippen molar-refractivity contribution < 1.29 is 9.53 Å². The average molecular weight is 419 g/mol. The normalized spacial score (nSPS) is 41.8. The fourth-order valence-electron chi connectivity index (χ4n) is 8.17. The van der Waals surface area contributed by atoms with Gasteiger partial charge in [0.15, 0.2) is 0 Å². The van der Waals surface area contributed by atoms with Gasteiger partial charge in [0.1, 0.15) is 6.10 Å². The summed E-state index contributed by atoms with van der Waals surface area (Å²) in [5.41, 5.74) is 3.64. The van der Waals surface area contributed by atoms with Crippen LogP contribution in [-0.4, -0.2) is 12.1 Å². The molecule has 0 N–H and O–H groups in total. The zero-order valence-corrected chi connectivity index (χ0v) is 19.5. The first kappa shape index (κ1) is 21.0. The quantitative estimate of drug-likeness (QED) is 0.485. The van der Waals surface area contributed by atoms with Crippen molar-refractivity contribution in [3.63, 3.8) is 0 Å². The minimum Gasteiger partial charge on any atom is -0.463 e. The van der Waals surface area contributed by atoms with Crippen LogP contribution in [0.4, 0.5) is 0 Å². The van der Waals surface area contributed by atoms with E-state index in [2.05, 4.69) is 62.4 Å². The summed E-state index contributed by atoms with van der Waals surface area (Å²) in [7, 11) is 0. The number of allylic oxidation sites excluding steroid dienone is 3. The molecule has 0 amide bonds. The number of ether oxygens (including phenoxy) is 1. The maximum absolute atomic E-state index is 11.5. The molecule has 0 heterocycles. The smallest absolute Gasteiger partial charge is 0.302 e. The lowest BCUT2D eigenvalue weighted by Crippen LogP contribution is -2.53. The molecule has 7 atom stereocenters. The SMILES string of the molecule is CC(=O)O[C@@H]1CC[C@@]2(C)[C@H](CC[C@@H]3[C@H]4CC=C(C=Cc5ccccc5)[C@@]4(C)CC[C@@H]32)C1. The minimum atomic E-state index is -0.108. The third-order valence-electron chi connectivity index (χ3n) is 9.85. The van der Waals surface area contributed by atoms with Gasteiger partial charge in [-0.3, -0.25) is 4.79 Å². The van der Waals surface area contributed by atoms with Gasteiger partial charge in [0.25, 0.3) is 0 Å². The van der Waals surface area contributed by atoms with Gasteiger partial charge in [0, 0.05) is 6.92 Å². The molecular weight excluding hydrogens is 380 g/mol. The molecule has 0 aromatic heterocycles. The summed E-state index contributed by atoms with van der Waals surface area (Å²) in [4.78, 5) is 11.5. The molecule has 0 aliphatic heterocycles. The second-order valence-electron chi connectivity index (χ2n) is 11.3. The maximum Gasteiger partial charge on any atom is 0.302 e. The maximum atomic E-state index is 11.5. The van der Waals surface area contributed by atoms with Gasteiger partial charge in [-0.05, 0) is 97.0 Å². The Hall–Kier alpha value is -1.83. The van der Waals surface area contributed by atoms with Crippen molar-refractivity contribution in [3.05, 3.63) is 53.6 Å². The number of carbonyl (C=O) groups is 1. The van der Waals surface area contributed by atoms with Crippen LogP contribution in [0.15, 0.2) is 48.1 Å². The Morgan fingerprint density at radius 3 is 2.58 bits per heavy atom. The number of hydrogen-bond donors (Lipinski definition) is 0. The van der Waals surface area contributed by atoms with Crippen molar-refractivity contribution in [2.24, 2.45) is 34.5 Å². The summed E-state index contributed by atoms with van der Waals surface area (Å²) < 4.78 is 5.63. The van der Waals surface area contributed by atoms with E-state index in [4.69, 9.17) is 4.74 Å². The van der Waals surface area contributed by atoms with Crippen LogP contribution in [0.2, 0.25) is 0 Å². The van der Waals surface area contributed by atoms with Crippen LogP contribution in [0, 0.1) is 34.5 Å². The van der Waals surface area contributed by atoms with Crippen LogP contribution in [0.25, 0.3) is 6.08 Å². The van der Waals surface area contributed by atoms with Crippen LogP contribution in [0.1, 0.15) is 77.7 Å². The van der Waals surface area contributed by atoms with Crippen LogP contribution in [0.5, 0.6) is 0 Å². The fourth-order valence-corrected chi connectivity index (χ4v) is 8.17. The van der Waals surface area contributed by atoms with Crippen molar-refractivity contribution in [3.8, 4) is 0 Å². The van der Waals surface area contributed by atoms with Gasteiger partial charge >= 0.3 is 5.97 Å². The molecule has 31 heavy (non-hydrogen) atoms. The Morgan fingerprint density at radius 1 is 1.00 bits per heavy atom. The van der Waals surface area contributed by atoms with E-state index in [-0.39, 0.29) is 12.1 Å². The minimum absolute atomic E-state index is 0.108. The van der Waals surface area contributed by atoms with Crippen molar-refractivity contribution >= 4 is 12.0 Å². The van der Waals surface area contributed by atoms with Gasteiger partial charge < -0.3 is 4.74 Å². The molecule has 166 valence electrons. The number of fused-ring (bicyclic) bond motifs is 5. The molecule has 0 unspecified atom stereocenters. The van der Waals surface area contributed by atoms with Crippen LogP contribution < -0.4 is 0 Å². The third-order valence-corrected chi connectivity index (χ3v) is 9.85. The Labute approximate surface area is 188 Å². The first-order chi connectivity index (χ1) is 14.9. The number of esters is 1. The number of carbonyl (C=O) groups excluding carboxylic acids is 1. The molecular formula is C29H38O2. The van der Waals surface area contributed by atoms with Gasteiger partial charge in [-0.25, -0.2) is 0 Å². The van der Waals surface area contributed by atoms with Crippen LogP contribution in [-0.2, 0) is 9.53 Å². The molecule has 0 spiro atoms. The molecule has 0 bridgehead atoms. The van der Waals surface area contributed by atoms with E-state index in [1.807, 2.05) is 0 Å². The molecule has 3 fully saturated rings. The Kier molecular flexibility index (Phi) is 5.39.